The number of hydrogen-bond donors (Lipinski definition) is 6. The number of amides is 1. The molecule has 0 saturated heterocycles. The zero-order valence-electron chi connectivity index (χ0n) is 70.1. The lowest BCUT2D eigenvalue weighted by Crippen LogP contribution is -2.18. The maximum Gasteiger partial charge on any atom is 0.411 e. The number of hydrogen-bond acceptors (Lipinski definition) is 21. The Bertz CT molecular complexity index is 6770. The first-order valence-corrected chi connectivity index (χ1v) is 44.5. The third-order valence-corrected chi connectivity index (χ3v) is 23.9. The van der Waals surface area contributed by atoms with Gasteiger partial charge in [0.15, 0.2) is 0 Å². The molecule has 26 nitrogen and oxygen atoms in total. The Morgan fingerprint density at radius 1 is 0.450 bits per heavy atom. The standard InChI is InChI=1S/C27H24ClN5O3.C23H18ClN5O.C19H16ClN3O.C13H12N2O.C6H5ClIN.C4H3ClN2.C4H7ClO2/c1-16(2)35-27(34)32-23-10-7-17(13-22(23)28)25-21(15-29)20-9-8-19(36-26-30-11-4-12-31-26)14-24(20)33(25)18-5-3-6-18;24-19-11-14(5-8-20(19)26)22-18(13-25)17-7-6-16(30-23-27-9-2-10-28-23)12-21(17)29(22)15-3-1-4-15;20-16-8-11(4-7-17(16)22)19-15(10-21)14-6-5-13(24)9-18(14)23(19)12-2-1-3-12;14-7-9-8-15(10-2-1-3-10)13-6-11(16)4-5-12(9)13;7-5-3-4(8)1-2-6(5)9;5-4-6-2-1-3-7-4;1-3(2)7-4(5)6/h4,7-14,16,18H,3,5-6H2,1-2H3,(H,32,34);2,5-12,15H,1,3-4,26H2;4-9,12,24H,1-3,22H2;4-6,8,10,16H,1-3H2;1-3H,9H2;1-3H;3H,1-2H3. The normalized spacial score (nSPS) is 13.2. The van der Waals surface area contributed by atoms with E-state index in [9.17, 15) is 35.6 Å². The van der Waals surface area contributed by atoms with Crippen LogP contribution in [0.5, 0.6) is 35.0 Å². The molecule has 129 heavy (non-hydrogen) atoms. The lowest BCUT2D eigenvalue weighted by atomic mass is 9.92. The summed E-state index contributed by atoms with van der Waals surface area (Å²) in [7, 11) is 0. The Balaban J connectivity index is 0.000000138. The maximum atomic E-state index is 12.0. The molecule has 4 saturated carbocycles. The number of phenols is 2. The quantitative estimate of drug-likeness (QED) is 0.0255. The number of benzene rings is 8. The van der Waals surface area contributed by atoms with Crippen LogP contribution < -0.4 is 32.0 Å². The Morgan fingerprint density at radius 2 is 0.822 bits per heavy atom. The van der Waals surface area contributed by atoms with Crippen molar-refractivity contribution in [1.29, 1.82) is 21.0 Å². The first kappa shape index (κ1) is 93.6. The van der Waals surface area contributed by atoms with E-state index in [1.165, 1.54) is 32.1 Å². The van der Waals surface area contributed by atoms with E-state index >= 15 is 0 Å². The summed E-state index contributed by atoms with van der Waals surface area (Å²) < 4.78 is 31.1. The second-order valence-corrected chi connectivity index (χ2v) is 34.4. The number of carbonyl (C=O) groups is 2. The maximum absolute atomic E-state index is 12.0. The Labute approximate surface area is 787 Å². The van der Waals surface area contributed by atoms with Gasteiger partial charge in [-0.15, -0.1) is 0 Å². The molecule has 0 bridgehead atoms. The van der Waals surface area contributed by atoms with E-state index in [4.69, 9.17) is 106 Å². The summed E-state index contributed by atoms with van der Waals surface area (Å²) in [6, 6.07) is 60.1. The van der Waals surface area contributed by atoms with E-state index in [1.54, 1.807) is 150 Å². The molecule has 0 aliphatic heterocycles. The Kier molecular flexibility index (Phi) is 31.3. The fraction of sp³-hybridized carbons (Fsp3) is 0.229. The van der Waals surface area contributed by atoms with Crippen molar-refractivity contribution in [2.24, 2.45) is 0 Å². The molecule has 7 aromatic heterocycles. The van der Waals surface area contributed by atoms with E-state index in [2.05, 4.69) is 105 Å². The SMILES string of the molecule is CC(C)OC(=O)Cl.CC(C)OC(=O)Nc1ccc(-c2c(C#N)c3ccc(Oc4ncccn4)cc3n2C2CCC2)cc1Cl.Clc1ncccn1.N#Cc1c(-c2ccc(N)c(Cl)c2)n(C2CCC2)c2cc(O)ccc12.N#Cc1c(-c2ccc(N)c(Cl)c2)n(C2CCC2)c2cc(Oc3ncccn3)ccc12.N#Cc1cn(C2CCC2)c2cc(O)ccc12.Nc1ccc(I)cc1Cl. The average molecular weight is 1960 g/mol. The van der Waals surface area contributed by atoms with Crippen molar-refractivity contribution < 1.29 is 38.7 Å². The molecular formula is C96H85Cl6IN18O8. The van der Waals surface area contributed by atoms with Crippen molar-refractivity contribution in [1.82, 2.24) is 48.2 Å². The number of nitrogens with two attached hydrogens (primary N) is 3. The molecule has 9 N–H and O–H groups in total. The van der Waals surface area contributed by atoms with Crippen molar-refractivity contribution in [3.05, 3.63) is 258 Å². The fourth-order valence-corrected chi connectivity index (χ4v) is 16.6. The van der Waals surface area contributed by atoms with Crippen LogP contribution in [0.3, 0.4) is 0 Å². The van der Waals surface area contributed by atoms with Crippen LogP contribution in [0.4, 0.5) is 32.3 Å². The van der Waals surface area contributed by atoms with Gasteiger partial charge in [0.25, 0.3) is 0 Å². The number of rotatable bonds is 14. The van der Waals surface area contributed by atoms with E-state index in [0.717, 1.165) is 126 Å². The highest BCUT2D eigenvalue weighted by molar-refractivity contribution is 14.1. The molecule has 0 unspecified atom stereocenters. The highest BCUT2D eigenvalue weighted by Crippen LogP contribution is 2.49. The van der Waals surface area contributed by atoms with Gasteiger partial charge in [-0.05, 0) is 260 Å². The van der Waals surface area contributed by atoms with E-state index in [0.29, 0.717) is 100 Å². The van der Waals surface area contributed by atoms with Crippen LogP contribution in [0.25, 0.3) is 77.4 Å². The predicted octanol–water partition coefficient (Wildman–Crippen LogP) is 26.0. The number of halogens is 7. The summed E-state index contributed by atoms with van der Waals surface area (Å²) in [5.41, 5.74) is 29.8. The summed E-state index contributed by atoms with van der Waals surface area (Å²) in [5.74, 6) is 1.67. The molecule has 656 valence electrons. The zero-order chi connectivity index (χ0) is 91.7. The average Bonchev–Trinajstić information content (AvgIpc) is 1.59. The third-order valence-electron chi connectivity index (χ3n) is 21.7. The molecule has 4 aliphatic carbocycles. The number of phenolic OH excluding ortho intramolecular Hbond substituents is 2. The van der Waals surface area contributed by atoms with Gasteiger partial charge < -0.3 is 64.6 Å². The molecule has 15 aromatic rings. The molecule has 0 spiro atoms. The molecule has 7 heterocycles. The van der Waals surface area contributed by atoms with Crippen LogP contribution in [0, 0.1) is 48.9 Å². The van der Waals surface area contributed by atoms with Crippen molar-refractivity contribution in [3.8, 4) is 93.1 Å². The largest absolute Gasteiger partial charge is 0.508 e. The summed E-state index contributed by atoms with van der Waals surface area (Å²) in [4.78, 5) is 45.6. The molecule has 4 fully saturated rings. The number of nitrogen functional groups attached to an aromatic ring is 3. The minimum absolute atomic E-state index is 0.106. The number of aromatic hydroxyl groups is 2. The van der Waals surface area contributed by atoms with E-state index in [1.807, 2.05) is 85.1 Å². The molecular weight excluding hydrogens is 1870 g/mol. The minimum Gasteiger partial charge on any atom is -0.508 e. The Hall–Kier alpha value is -13.1. The molecule has 1 amide bonds. The number of nitrogens with zero attached hydrogens (tertiary/aromatic N) is 14. The topological polar surface area (TPSA) is 394 Å². The highest BCUT2D eigenvalue weighted by Gasteiger charge is 2.33. The number of nitrogens with one attached hydrogen (secondary N) is 1. The Morgan fingerprint density at radius 3 is 1.16 bits per heavy atom. The van der Waals surface area contributed by atoms with E-state index in [-0.39, 0.29) is 41.8 Å². The van der Waals surface area contributed by atoms with Crippen molar-refractivity contribution in [2.75, 3.05) is 22.5 Å². The first-order chi connectivity index (χ1) is 62.2. The van der Waals surface area contributed by atoms with Gasteiger partial charge >= 0.3 is 23.5 Å². The molecule has 4 aliphatic rings. The minimum atomic E-state index is -0.741. The molecule has 8 aromatic carbocycles. The van der Waals surface area contributed by atoms with Gasteiger partial charge in [-0.25, -0.2) is 39.5 Å². The van der Waals surface area contributed by atoms with Crippen LogP contribution in [-0.2, 0) is 9.47 Å². The van der Waals surface area contributed by atoms with Gasteiger partial charge in [0.2, 0.25) is 5.28 Å². The predicted molar refractivity (Wildman–Crippen MR) is 514 cm³/mol. The fourth-order valence-electron chi connectivity index (χ4n) is 14.9. The number of carbonyl (C=O) groups excluding carboxylic acids is 2. The summed E-state index contributed by atoms with van der Waals surface area (Å²) >= 11 is 37.1. The van der Waals surface area contributed by atoms with Gasteiger partial charge in [-0.1, -0.05) is 64.6 Å². The lowest BCUT2D eigenvalue weighted by Gasteiger charge is -2.30. The third kappa shape index (κ3) is 22.6. The second-order valence-electron chi connectivity index (χ2n) is 30.9. The molecule has 33 heteroatoms. The second kappa shape index (κ2) is 43.2. The number of aromatic nitrogens is 10. The van der Waals surface area contributed by atoms with Crippen LogP contribution in [0.2, 0.25) is 25.4 Å². The van der Waals surface area contributed by atoms with Gasteiger partial charge in [0.1, 0.15) is 47.3 Å². The van der Waals surface area contributed by atoms with Crippen molar-refractivity contribution in [2.45, 2.75) is 141 Å². The van der Waals surface area contributed by atoms with Crippen LogP contribution in [0.1, 0.15) is 151 Å². The first-order valence-electron chi connectivity index (χ1n) is 41.2. The van der Waals surface area contributed by atoms with Gasteiger partial charge in [-0.2, -0.15) is 21.0 Å². The molecule has 19 rings (SSSR count). The lowest BCUT2D eigenvalue weighted by molar-refractivity contribution is 0.130. The van der Waals surface area contributed by atoms with Crippen LogP contribution >= 0.6 is 92.2 Å². The van der Waals surface area contributed by atoms with Crippen molar-refractivity contribution in [3.63, 3.8) is 0 Å². The summed E-state index contributed by atoms with van der Waals surface area (Å²) in [6.45, 7) is 7.02. The summed E-state index contributed by atoms with van der Waals surface area (Å²) in [6.07, 6.45) is 24.0. The highest BCUT2D eigenvalue weighted by atomic mass is 127. The molecule has 0 atom stereocenters. The van der Waals surface area contributed by atoms with Gasteiger partial charge in [0.05, 0.1) is 116 Å². The van der Waals surface area contributed by atoms with Gasteiger partial charge in [-0.3, -0.25) is 5.32 Å². The van der Waals surface area contributed by atoms with Crippen LogP contribution in [0.15, 0.2) is 207 Å². The number of ether oxygens (including phenoxy) is 4. The van der Waals surface area contributed by atoms with Crippen LogP contribution in [-0.4, -0.2) is 82.1 Å². The van der Waals surface area contributed by atoms with E-state index < -0.39 is 11.5 Å². The molecule has 0 radical (unpaired) electrons. The number of nitriles is 4. The smallest absolute Gasteiger partial charge is 0.411 e. The number of fused-ring (bicyclic) bond motifs is 4. The zero-order valence-corrected chi connectivity index (χ0v) is 76.8. The van der Waals surface area contributed by atoms with Gasteiger partial charge in [0, 0.05) is 145 Å². The number of anilines is 4. The van der Waals surface area contributed by atoms with Crippen molar-refractivity contribution >= 4 is 170 Å². The monoisotopic (exact) mass is 1950 g/mol. The summed E-state index contributed by atoms with van der Waals surface area (Å²) in [5, 5.41) is 66.9.